The fourth-order valence-electron chi connectivity index (χ4n) is 1.65. The van der Waals surface area contributed by atoms with Gasteiger partial charge in [0.1, 0.15) is 5.69 Å². The van der Waals surface area contributed by atoms with Gasteiger partial charge in [-0.15, -0.1) is 0 Å². The molecule has 0 aliphatic carbocycles. The van der Waals surface area contributed by atoms with Gasteiger partial charge in [0, 0.05) is 6.04 Å². The van der Waals surface area contributed by atoms with Crippen molar-refractivity contribution in [3.05, 3.63) is 52.2 Å². The summed E-state index contributed by atoms with van der Waals surface area (Å²) in [4.78, 5) is 15.3. The predicted octanol–water partition coefficient (Wildman–Crippen LogP) is 2.64. The third-order valence-electron chi connectivity index (χ3n) is 2.45. The van der Waals surface area contributed by atoms with E-state index in [1.165, 1.54) is 23.8 Å². The molecule has 1 amide bonds. The summed E-state index contributed by atoms with van der Waals surface area (Å²) in [7, 11) is 0. The van der Waals surface area contributed by atoms with Crippen LogP contribution in [0.2, 0.25) is 0 Å². The zero-order valence-corrected chi connectivity index (χ0v) is 10.7. The number of thiophene rings is 1. The van der Waals surface area contributed by atoms with Gasteiger partial charge in [-0.2, -0.15) is 15.7 Å². The van der Waals surface area contributed by atoms with Gasteiger partial charge in [0.05, 0.1) is 0 Å². The van der Waals surface area contributed by atoms with E-state index < -0.39 is 5.95 Å². The van der Waals surface area contributed by atoms with E-state index in [4.69, 9.17) is 0 Å². The number of nitrogens with one attached hydrogen (secondary N) is 1. The Kier molecular flexibility index (Phi) is 4.04. The average Bonchev–Trinajstić information content (AvgIpc) is 2.81. The fourth-order valence-corrected chi connectivity index (χ4v) is 2.33. The van der Waals surface area contributed by atoms with Gasteiger partial charge >= 0.3 is 0 Å². The molecule has 0 aliphatic rings. The Morgan fingerprint density at radius 2 is 2.33 bits per heavy atom. The molecule has 0 aromatic carbocycles. The lowest BCUT2D eigenvalue weighted by molar-refractivity contribution is 0.0934. The standard InChI is InChI=1S/C13H13FN2OS/c1-9(7-10-5-6-18-8-10)15-13(17)11-3-2-4-12(14)16-11/h2-6,8-9H,7H2,1H3,(H,15,17). The third kappa shape index (κ3) is 3.37. The summed E-state index contributed by atoms with van der Waals surface area (Å²) in [6.07, 6.45) is 0.755. The van der Waals surface area contributed by atoms with E-state index in [0.717, 1.165) is 6.42 Å². The Morgan fingerprint density at radius 3 is 3.00 bits per heavy atom. The molecule has 1 atom stereocenters. The number of amides is 1. The van der Waals surface area contributed by atoms with E-state index in [1.54, 1.807) is 11.3 Å². The summed E-state index contributed by atoms with van der Waals surface area (Å²) in [5.41, 5.74) is 1.28. The maximum atomic E-state index is 12.9. The summed E-state index contributed by atoms with van der Waals surface area (Å²) in [5, 5.41) is 6.84. The average molecular weight is 264 g/mol. The molecule has 0 fully saturated rings. The van der Waals surface area contributed by atoms with Crippen molar-refractivity contribution in [2.75, 3.05) is 0 Å². The second-order valence-electron chi connectivity index (χ2n) is 4.06. The van der Waals surface area contributed by atoms with Crippen LogP contribution in [0.25, 0.3) is 0 Å². The zero-order valence-electron chi connectivity index (χ0n) is 9.89. The molecule has 0 radical (unpaired) electrons. The Bertz CT molecular complexity index is 528. The molecule has 18 heavy (non-hydrogen) atoms. The van der Waals surface area contributed by atoms with Crippen molar-refractivity contribution in [2.45, 2.75) is 19.4 Å². The van der Waals surface area contributed by atoms with Crippen molar-refractivity contribution in [1.82, 2.24) is 10.3 Å². The van der Waals surface area contributed by atoms with E-state index in [0.29, 0.717) is 0 Å². The molecule has 1 unspecified atom stereocenters. The molecule has 2 heterocycles. The van der Waals surface area contributed by atoms with Crippen LogP contribution in [-0.2, 0) is 6.42 Å². The van der Waals surface area contributed by atoms with Crippen LogP contribution in [-0.4, -0.2) is 16.9 Å². The molecule has 3 nitrogen and oxygen atoms in total. The second kappa shape index (κ2) is 5.73. The maximum absolute atomic E-state index is 12.9. The number of rotatable bonds is 4. The quantitative estimate of drug-likeness (QED) is 0.863. The van der Waals surface area contributed by atoms with Crippen LogP contribution in [0.4, 0.5) is 4.39 Å². The Morgan fingerprint density at radius 1 is 1.50 bits per heavy atom. The predicted molar refractivity (Wildman–Crippen MR) is 69.1 cm³/mol. The lowest BCUT2D eigenvalue weighted by atomic mass is 10.1. The van der Waals surface area contributed by atoms with E-state index in [1.807, 2.05) is 23.8 Å². The fraction of sp³-hybridized carbons (Fsp3) is 0.231. The van der Waals surface area contributed by atoms with Gasteiger partial charge in [-0.3, -0.25) is 4.79 Å². The molecular weight excluding hydrogens is 251 g/mol. The Hall–Kier alpha value is -1.75. The number of pyridine rings is 1. The minimum absolute atomic E-state index is 0.0165. The highest BCUT2D eigenvalue weighted by molar-refractivity contribution is 7.07. The first-order chi connectivity index (χ1) is 8.65. The van der Waals surface area contributed by atoms with Crippen LogP contribution in [0, 0.1) is 5.95 Å². The summed E-state index contributed by atoms with van der Waals surface area (Å²) in [6.45, 7) is 1.91. The minimum Gasteiger partial charge on any atom is -0.348 e. The van der Waals surface area contributed by atoms with Crippen LogP contribution in [0.1, 0.15) is 23.0 Å². The van der Waals surface area contributed by atoms with Crippen LogP contribution in [0.3, 0.4) is 0 Å². The molecular formula is C13H13FN2OS. The molecule has 94 valence electrons. The number of carbonyl (C=O) groups excluding carboxylic acids is 1. The smallest absolute Gasteiger partial charge is 0.270 e. The van der Waals surface area contributed by atoms with Crippen molar-refractivity contribution < 1.29 is 9.18 Å². The normalized spacial score (nSPS) is 12.1. The molecule has 0 saturated carbocycles. The molecule has 5 heteroatoms. The van der Waals surface area contributed by atoms with Gasteiger partial charge in [0.2, 0.25) is 5.95 Å². The Balaban J connectivity index is 1.95. The van der Waals surface area contributed by atoms with Crippen LogP contribution in [0.15, 0.2) is 35.0 Å². The highest BCUT2D eigenvalue weighted by atomic mass is 32.1. The van der Waals surface area contributed by atoms with Crippen molar-refractivity contribution in [3.63, 3.8) is 0 Å². The van der Waals surface area contributed by atoms with E-state index in [-0.39, 0.29) is 17.6 Å². The number of carbonyl (C=O) groups is 1. The molecule has 0 saturated heterocycles. The number of nitrogens with zero attached hydrogens (tertiary/aromatic N) is 1. The first-order valence-corrected chi connectivity index (χ1v) is 6.54. The van der Waals surface area contributed by atoms with Gasteiger partial charge in [0.25, 0.3) is 5.91 Å². The molecule has 1 N–H and O–H groups in total. The first-order valence-electron chi connectivity index (χ1n) is 5.59. The lowest BCUT2D eigenvalue weighted by Crippen LogP contribution is -2.34. The largest absolute Gasteiger partial charge is 0.348 e. The minimum atomic E-state index is -0.645. The zero-order chi connectivity index (χ0) is 13.0. The number of halogens is 1. The second-order valence-corrected chi connectivity index (χ2v) is 4.84. The summed E-state index contributed by atoms with van der Waals surface area (Å²) >= 11 is 1.62. The number of hydrogen-bond donors (Lipinski definition) is 1. The van der Waals surface area contributed by atoms with Crippen molar-refractivity contribution >= 4 is 17.2 Å². The van der Waals surface area contributed by atoms with Crippen LogP contribution in [0.5, 0.6) is 0 Å². The molecule has 0 aliphatic heterocycles. The summed E-state index contributed by atoms with van der Waals surface area (Å²) in [5.74, 6) is -0.995. The third-order valence-corrected chi connectivity index (χ3v) is 3.18. The SMILES string of the molecule is CC(Cc1ccsc1)NC(=O)c1cccc(F)n1. The van der Waals surface area contributed by atoms with Gasteiger partial charge in [-0.1, -0.05) is 6.07 Å². The van der Waals surface area contributed by atoms with Crippen molar-refractivity contribution in [1.29, 1.82) is 0 Å². The van der Waals surface area contributed by atoms with Gasteiger partial charge in [0.15, 0.2) is 0 Å². The molecule has 2 aromatic rings. The molecule has 2 aromatic heterocycles. The summed E-state index contributed by atoms with van der Waals surface area (Å²) in [6, 6.07) is 6.19. The highest BCUT2D eigenvalue weighted by Gasteiger charge is 2.12. The van der Waals surface area contributed by atoms with Crippen LogP contribution >= 0.6 is 11.3 Å². The monoisotopic (exact) mass is 264 g/mol. The maximum Gasteiger partial charge on any atom is 0.270 e. The summed E-state index contributed by atoms with van der Waals surface area (Å²) < 4.78 is 12.9. The van der Waals surface area contributed by atoms with E-state index >= 15 is 0 Å². The Labute approximate surface area is 109 Å². The van der Waals surface area contributed by atoms with Crippen molar-refractivity contribution in [2.24, 2.45) is 0 Å². The lowest BCUT2D eigenvalue weighted by Gasteiger charge is -2.12. The highest BCUT2D eigenvalue weighted by Crippen LogP contribution is 2.09. The number of hydrogen-bond acceptors (Lipinski definition) is 3. The van der Waals surface area contributed by atoms with Crippen LogP contribution < -0.4 is 5.32 Å². The van der Waals surface area contributed by atoms with E-state index in [2.05, 4.69) is 10.3 Å². The van der Waals surface area contributed by atoms with Crippen molar-refractivity contribution in [3.8, 4) is 0 Å². The molecule has 2 rings (SSSR count). The molecule has 0 bridgehead atoms. The van der Waals surface area contributed by atoms with Gasteiger partial charge in [-0.25, -0.2) is 4.98 Å². The van der Waals surface area contributed by atoms with Gasteiger partial charge < -0.3 is 5.32 Å². The van der Waals surface area contributed by atoms with Gasteiger partial charge in [-0.05, 0) is 47.9 Å². The first kappa shape index (κ1) is 12.7. The number of aromatic nitrogens is 1. The van der Waals surface area contributed by atoms with E-state index in [9.17, 15) is 9.18 Å². The molecule has 0 spiro atoms. The topological polar surface area (TPSA) is 42.0 Å².